The van der Waals surface area contributed by atoms with Crippen molar-refractivity contribution in [3.8, 4) is 17.2 Å². The predicted molar refractivity (Wildman–Crippen MR) is 78.9 cm³/mol. The molecule has 0 heterocycles. The van der Waals surface area contributed by atoms with Gasteiger partial charge in [0.25, 0.3) is 5.91 Å². The SMILES string of the molecule is COc1ccc(C(=O)NCCOc2ccccc2)cc1O. The number of aromatic hydroxyl groups is 1. The number of rotatable bonds is 6. The lowest BCUT2D eigenvalue weighted by Gasteiger charge is -2.09. The smallest absolute Gasteiger partial charge is 0.251 e. The molecule has 2 aromatic rings. The van der Waals surface area contributed by atoms with Crippen LogP contribution >= 0.6 is 0 Å². The van der Waals surface area contributed by atoms with Crippen LogP contribution in [0.25, 0.3) is 0 Å². The Balaban J connectivity index is 1.80. The molecule has 2 aromatic carbocycles. The Hall–Kier alpha value is -2.69. The van der Waals surface area contributed by atoms with Gasteiger partial charge in [-0.2, -0.15) is 0 Å². The fourth-order valence-corrected chi connectivity index (χ4v) is 1.78. The number of hydrogen-bond acceptors (Lipinski definition) is 4. The molecule has 2 rings (SSSR count). The average molecular weight is 287 g/mol. The van der Waals surface area contributed by atoms with Crippen LogP contribution in [-0.4, -0.2) is 31.3 Å². The van der Waals surface area contributed by atoms with Gasteiger partial charge >= 0.3 is 0 Å². The monoisotopic (exact) mass is 287 g/mol. The summed E-state index contributed by atoms with van der Waals surface area (Å²) in [6, 6.07) is 13.9. The van der Waals surface area contributed by atoms with Gasteiger partial charge < -0.3 is 19.9 Å². The molecule has 0 saturated heterocycles. The zero-order chi connectivity index (χ0) is 15.1. The third-order valence-corrected chi connectivity index (χ3v) is 2.84. The number of methoxy groups -OCH3 is 1. The number of carbonyl (C=O) groups is 1. The van der Waals surface area contributed by atoms with Gasteiger partial charge in [-0.05, 0) is 30.3 Å². The molecule has 21 heavy (non-hydrogen) atoms. The van der Waals surface area contributed by atoms with Crippen molar-refractivity contribution in [1.29, 1.82) is 0 Å². The maximum atomic E-state index is 11.9. The summed E-state index contributed by atoms with van der Waals surface area (Å²) in [4.78, 5) is 11.9. The Morgan fingerprint density at radius 3 is 2.62 bits per heavy atom. The Morgan fingerprint density at radius 1 is 1.19 bits per heavy atom. The zero-order valence-electron chi connectivity index (χ0n) is 11.7. The molecule has 0 aromatic heterocycles. The van der Waals surface area contributed by atoms with Crippen molar-refractivity contribution in [2.24, 2.45) is 0 Å². The third kappa shape index (κ3) is 4.14. The van der Waals surface area contributed by atoms with Crippen molar-refractivity contribution in [3.05, 3.63) is 54.1 Å². The van der Waals surface area contributed by atoms with E-state index in [2.05, 4.69) is 5.32 Å². The lowest BCUT2D eigenvalue weighted by molar-refractivity contribution is 0.0946. The number of amides is 1. The van der Waals surface area contributed by atoms with Gasteiger partial charge in [-0.15, -0.1) is 0 Å². The number of para-hydroxylation sites is 1. The Morgan fingerprint density at radius 2 is 1.95 bits per heavy atom. The van der Waals surface area contributed by atoms with E-state index in [0.717, 1.165) is 5.75 Å². The van der Waals surface area contributed by atoms with Crippen molar-refractivity contribution < 1.29 is 19.4 Å². The number of carbonyl (C=O) groups excluding carboxylic acids is 1. The maximum absolute atomic E-state index is 11.9. The highest BCUT2D eigenvalue weighted by Gasteiger charge is 2.08. The van der Waals surface area contributed by atoms with Gasteiger partial charge in [0.1, 0.15) is 12.4 Å². The summed E-state index contributed by atoms with van der Waals surface area (Å²) in [5, 5.41) is 12.3. The summed E-state index contributed by atoms with van der Waals surface area (Å²) in [7, 11) is 1.45. The molecule has 0 aliphatic rings. The second kappa shape index (κ2) is 7.19. The van der Waals surface area contributed by atoms with Crippen molar-refractivity contribution >= 4 is 5.91 Å². The normalized spacial score (nSPS) is 9.95. The fraction of sp³-hybridized carbons (Fsp3) is 0.188. The van der Waals surface area contributed by atoms with Crippen LogP contribution in [0.15, 0.2) is 48.5 Å². The molecular formula is C16H17NO4. The van der Waals surface area contributed by atoms with Crippen molar-refractivity contribution in [2.45, 2.75) is 0 Å². The van der Waals surface area contributed by atoms with Gasteiger partial charge in [-0.3, -0.25) is 4.79 Å². The van der Waals surface area contributed by atoms with E-state index >= 15 is 0 Å². The molecule has 1 amide bonds. The first-order valence-electron chi connectivity index (χ1n) is 6.54. The lowest BCUT2D eigenvalue weighted by Crippen LogP contribution is -2.28. The van der Waals surface area contributed by atoms with E-state index in [9.17, 15) is 9.90 Å². The molecule has 0 radical (unpaired) electrons. The summed E-state index contributed by atoms with van der Waals surface area (Å²) in [5.74, 6) is 0.753. The van der Waals surface area contributed by atoms with Crippen LogP contribution in [0.2, 0.25) is 0 Å². The van der Waals surface area contributed by atoms with E-state index in [-0.39, 0.29) is 11.7 Å². The van der Waals surface area contributed by atoms with Crippen LogP contribution in [0, 0.1) is 0 Å². The Kier molecular flexibility index (Phi) is 5.04. The summed E-state index contributed by atoms with van der Waals surface area (Å²) >= 11 is 0. The highest BCUT2D eigenvalue weighted by Crippen LogP contribution is 2.26. The molecule has 0 aliphatic heterocycles. The summed E-state index contributed by atoms with van der Waals surface area (Å²) < 4.78 is 10.4. The standard InChI is InChI=1S/C16H17NO4/c1-20-15-8-7-12(11-14(15)18)16(19)17-9-10-21-13-5-3-2-4-6-13/h2-8,11,18H,9-10H2,1H3,(H,17,19). The van der Waals surface area contributed by atoms with E-state index in [0.29, 0.717) is 24.5 Å². The molecule has 0 fully saturated rings. The van der Waals surface area contributed by atoms with E-state index < -0.39 is 0 Å². The van der Waals surface area contributed by atoms with Crippen LogP contribution in [0.1, 0.15) is 10.4 Å². The first kappa shape index (κ1) is 14.7. The quantitative estimate of drug-likeness (QED) is 0.799. The summed E-state index contributed by atoms with van der Waals surface area (Å²) in [5.41, 5.74) is 0.369. The number of phenolic OH excluding ortho intramolecular Hbond substituents is 1. The van der Waals surface area contributed by atoms with Crippen LogP contribution in [0.5, 0.6) is 17.2 Å². The molecular weight excluding hydrogens is 270 g/mol. The highest BCUT2D eigenvalue weighted by molar-refractivity contribution is 5.94. The third-order valence-electron chi connectivity index (χ3n) is 2.84. The van der Waals surface area contributed by atoms with Gasteiger partial charge in [0.15, 0.2) is 11.5 Å². The number of ether oxygens (including phenoxy) is 2. The van der Waals surface area contributed by atoms with E-state index in [1.807, 2.05) is 30.3 Å². The van der Waals surface area contributed by atoms with Gasteiger partial charge in [0, 0.05) is 5.56 Å². The van der Waals surface area contributed by atoms with Crippen molar-refractivity contribution in [2.75, 3.05) is 20.3 Å². The van der Waals surface area contributed by atoms with Crippen LogP contribution in [-0.2, 0) is 0 Å². The minimum atomic E-state index is -0.274. The Labute approximate surface area is 123 Å². The largest absolute Gasteiger partial charge is 0.504 e. The fourth-order valence-electron chi connectivity index (χ4n) is 1.78. The highest BCUT2D eigenvalue weighted by atomic mass is 16.5. The van der Waals surface area contributed by atoms with E-state index in [1.54, 1.807) is 12.1 Å². The van der Waals surface area contributed by atoms with Crippen molar-refractivity contribution in [3.63, 3.8) is 0 Å². The number of hydrogen-bond donors (Lipinski definition) is 2. The minimum Gasteiger partial charge on any atom is -0.504 e. The Bertz CT molecular complexity index is 598. The number of phenols is 1. The average Bonchev–Trinajstić information content (AvgIpc) is 2.52. The molecule has 5 heteroatoms. The molecule has 2 N–H and O–H groups in total. The van der Waals surface area contributed by atoms with Gasteiger partial charge in [0.05, 0.1) is 13.7 Å². The second-order valence-electron chi connectivity index (χ2n) is 4.30. The molecule has 0 bridgehead atoms. The maximum Gasteiger partial charge on any atom is 0.251 e. The first-order chi connectivity index (χ1) is 10.2. The summed E-state index contributed by atoms with van der Waals surface area (Å²) in [6.45, 7) is 0.748. The van der Waals surface area contributed by atoms with Crippen LogP contribution in [0.3, 0.4) is 0 Å². The molecule has 0 unspecified atom stereocenters. The van der Waals surface area contributed by atoms with Crippen LogP contribution in [0.4, 0.5) is 0 Å². The van der Waals surface area contributed by atoms with E-state index in [4.69, 9.17) is 9.47 Å². The number of benzene rings is 2. The van der Waals surface area contributed by atoms with Crippen molar-refractivity contribution in [1.82, 2.24) is 5.32 Å². The van der Waals surface area contributed by atoms with Gasteiger partial charge in [-0.1, -0.05) is 18.2 Å². The minimum absolute atomic E-state index is 0.0642. The molecule has 0 aliphatic carbocycles. The van der Waals surface area contributed by atoms with E-state index in [1.165, 1.54) is 13.2 Å². The lowest BCUT2D eigenvalue weighted by atomic mass is 10.2. The molecule has 110 valence electrons. The summed E-state index contributed by atoms with van der Waals surface area (Å²) in [6.07, 6.45) is 0. The van der Waals surface area contributed by atoms with Crippen LogP contribution < -0.4 is 14.8 Å². The topological polar surface area (TPSA) is 67.8 Å². The van der Waals surface area contributed by atoms with Gasteiger partial charge in [-0.25, -0.2) is 0 Å². The van der Waals surface area contributed by atoms with Gasteiger partial charge in [0.2, 0.25) is 0 Å². The first-order valence-corrected chi connectivity index (χ1v) is 6.54. The zero-order valence-corrected chi connectivity index (χ0v) is 11.7. The second-order valence-corrected chi connectivity index (χ2v) is 4.30. The molecule has 0 atom stereocenters. The molecule has 0 spiro atoms. The molecule has 0 saturated carbocycles. The number of nitrogens with one attached hydrogen (secondary N) is 1. The predicted octanol–water partition coefficient (Wildman–Crippen LogP) is 2.21. The molecule has 5 nitrogen and oxygen atoms in total.